The minimum absolute atomic E-state index is 0.211. The zero-order valence-corrected chi connectivity index (χ0v) is 16.9. The molecule has 4 N–H and O–H groups in total. The summed E-state index contributed by atoms with van der Waals surface area (Å²) < 4.78 is 0. The van der Waals surface area contributed by atoms with Gasteiger partial charge in [-0.25, -0.2) is 14.8 Å². The molecule has 0 saturated heterocycles. The highest BCUT2D eigenvalue weighted by molar-refractivity contribution is 7.99. The normalized spacial score (nSPS) is 10.4. The molecule has 3 rings (SSSR count). The minimum Gasteiger partial charge on any atom is -0.352 e. The molecule has 2 aromatic carbocycles. The monoisotopic (exact) mass is 407 g/mol. The van der Waals surface area contributed by atoms with Crippen LogP contribution in [-0.4, -0.2) is 21.9 Å². The van der Waals surface area contributed by atoms with Crippen molar-refractivity contribution in [2.24, 2.45) is 5.73 Å². The standard InChI is InChI=1S/C21H21N5O2S/c1-13-11-14(2)25-21(24-13)29-18-9-7-17(8-10-18)26-19(27)16-5-3-15(4-6-16)12-23-20(22)28/h3-11H,12H2,1-2H3,(H,26,27)(H3,22,23,28). The van der Waals surface area contributed by atoms with Crippen molar-refractivity contribution in [3.63, 3.8) is 0 Å². The van der Waals surface area contributed by atoms with Gasteiger partial charge in [0.15, 0.2) is 5.16 Å². The van der Waals surface area contributed by atoms with Crippen LogP contribution in [0.25, 0.3) is 0 Å². The van der Waals surface area contributed by atoms with Gasteiger partial charge in [-0.15, -0.1) is 0 Å². The van der Waals surface area contributed by atoms with Crippen molar-refractivity contribution in [1.82, 2.24) is 15.3 Å². The smallest absolute Gasteiger partial charge is 0.312 e. The second-order valence-corrected chi connectivity index (χ2v) is 7.47. The molecule has 0 spiro atoms. The van der Waals surface area contributed by atoms with Crippen LogP contribution in [0.3, 0.4) is 0 Å². The fourth-order valence-corrected chi connectivity index (χ4v) is 3.48. The number of nitrogens with zero attached hydrogens (tertiary/aromatic N) is 2. The van der Waals surface area contributed by atoms with Crippen molar-refractivity contribution in [3.8, 4) is 0 Å². The third-order valence-corrected chi connectivity index (χ3v) is 4.84. The second kappa shape index (κ2) is 9.20. The zero-order valence-electron chi connectivity index (χ0n) is 16.1. The summed E-state index contributed by atoms with van der Waals surface area (Å²) >= 11 is 1.47. The maximum Gasteiger partial charge on any atom is 0.312 e. The highest BCUT2D eigenvalue weighted by Crippen LogP contribution is 2.26. The van der Waals surface area contributed by atoms with E-state index in [9.17, 15) is 9.59 Å². The number of urea groups is 1. The van der Waals surface area contributed by atoms with Crippen LogP contribution >= 0.6 is 11.8 Å². The average Bonchev–Trinajstić information content (AvgIpc) is 2.67. The van der Waals surface area contributed by atoms with Gasteiger partial charge < -0.3 is 16.4 Å². The molecule has 1 heterocycles. The quantitative estimate of drug-likeness (QED) is 0.540. The van der Waals surface area contributed by atoms with E-state index in [1.807, 2.05) is 44.2 Å². The number of carbonyl (C=O) groups is 2. The van der Waals surface area contributed by atoms with Crippen LogP contribution in [0.1, 0.15) is 27.3 Å². The molecule has 29 heavy (non-hydrogen) atoms. The Hall–Kier alpha value is -3.39. The van der Waals surface area contributed by atoms with Crippen molar-refractivity contribution in [2.45, 2.75) is 30.4 Å². The molecule has 3 amide bonds. The maximum atomic E-state index is 12.4. The van der Waals surface area contributed by atoms with Crippen LogP contribution in [0.15, 0.2) is 64.6 Å². The first-order chi connectivity index (χ1) is 13.9. The Morgan fingerprint density at radius 2 is 1.59 bits per heavy atom. The number of hydrogen-bond acceptors (Lipinski definition) is 5. The number of nitrogens with one attached hydrogen (secondary N) is 2. The molecule has 8 heteroatoms. The summed E-state index contributed by atoms with van der Waals surface area (Å²) in [5.74, 6) is -0.211. The van der Waals surface area contributed by atoms with E-state index in [-0.39, 0.29) is 5.91 Å². The van der Waals surface area contributed by atoms with E-state index in [1.54, 1.807) is 24.3 Å². The van der Waals surface area contributed by atoms with Gasteiger partial charge in [-0.3, -0.25) is 4.79 Å². The van der Waals surface area contributed by atoms with Gasteiger partial charge in [0, 0.05) is 34.1 Å². The van der Waals surface area contributed by atoms with E-state index in [0.717, 1.165) is 21.8 Å². The van der Waals surface area contributed by atoms with Crippen LogP contribution in [0.5, 0.6) is 0 Å². The summed E-state index contributed by atoms with van der Waals surface area (Å²) in [5, 5.41) is 6.07. The Kier molecular flexibility index (Phi) is 6.46. The predicted octanol–water partition coefficient (Wildman–Crippen LogP) is 3.67. The van der Waals surface area contributed by atoms with E-state index < -0.39 is 6.03 Å². The lowest BCUT2D eigenvalue weighted by Gasteiger charge is -2.08. The number of anilines is 1. The lowest BCUT2D eigenvalue weighted by molar-refractivity contribution is 0.102. The fraction of sp³-hybridized carbons (Fsp3) is 0.143. The summed E-state index contributed by atoms with van der Waals surface area (Å²) in [5.41, 5.74) is 8.98. The first kappa shape index (κ1) is 20.3. The number of aromatic nitrogens is 2. The topological polar surface area (TPSA) is 110 Å². The lowest BCUT2D eigenvalue weighted by Crippen LogP contribution is -2.28. The number of amides is 3. The summed E-state index contributed by atoms with van der Waals surface area (Å²) in [7, 11) is 0. The molecule has 0 unspecified atom stereocenters. The van der Waals surface area contributed by atoms with Gasteiger partial charge in [0.25, 0.3) is 5.91 Å². The van der Waals surface area contributed by atoms with Crippen LogP contribution < -0.4 is 16.4 Å². The molecular weight excluding hydrogens is 386 g/mol. The molecule has 148 valence electrons. The molecular formula is C21H21N5O2S. The summed E-state index contributed by atoms with van der Waals surface area (Å²) in [6.07, 6.45) is 0. The first-order valence-corrected chi connectivity index (χ1v) is 9.74. The van der Waals surface area contributed by atoms with Crippen molar-refractivity contribution in [1.29, 1.82) is 0 Å². The molecule has 0 saturated carbocycles. The Morgan fingerprint density at radius 3 is 2.17 bits per heavy atom. The van der Waals surface area contributed by atoms with Crippen LogP contribution in [0.2, 0.25) is 0 Å². The van der Waals surface area contributed by atoms with Crippen molar-refractivity contribution in [2.75, 3.05) is 5.32 Å². The number of nitrogens with two attached hydrogens (primary N) is 1. The number of hydrogen-bond donors (Lipinski definition) is 3. The first-order valence-electron chi connectivity index (χ1n) is 8.93. The number of carbonyl (C=O) groups excluding carboxylic acids is 2. The van der Waals surface area contributed by atoms with E-state index in [0.29, 0.717) is 23.0 Å². The number of primary amides is 1. The van der Waals surface area contributed by atoms with Gasteiger partial charge in [0.05, 0.1) is 0 Å². The molecule has 7 nitrogen and oxygen atoms in total. The summed E-state index contributed by atoms with van der Waals surface area (Å²) in [4.78, 5) is 33.0. The van der Waals surface area contributed by atoms with Crippen molar-refractivity contribution >= 4 is 29.4 Å². The summed E-state index contributed by atoms with van der Waals surface area (Å²) in [6, 6.07) is 15.8. The number of benzene rings is 2. The summed E-state index contributed by atoms with van der Waals surface area (Å²) in [6.45, 7) is 4.21. The molecule has 3 aromatic rings. The highest BCUT2D eigenvalue weighted by atomic mass is 32.2. The predicted molar refractivity (Wildman–Crippen MR) is 113 cm³/mol. The fourth-order valence-electron chi connectivity index (χ4n) is 2.62. The van der Waals surface area contributed by atoms with E-state index >= 15 is 0 Å². The third kappa shape index (κ3) is 6.05. The average molecular weight is 407 g/mol. The van der Waals surface area contributed by atoms with E-state index in [4.69, 9.17) is 5.73 Å². The van der Waals surface area contributed by atoms with Crippen LogP contribution in [0.4, 0.5) is 10.5 Å². The van der Waals surface area contributed by atoms with Gasteiger partial charge in [-0.2, -0.15) is 0 Å². The molecule has 0 bridgehead atoms. The third-order valence-electron chi connectivity index (χ3n) is 3.97. The molecule has 0 aliphatic carbocycles. The van der Waals surface area contributed by atoms with Gasteiger partial charge >= 0.3 is 6.03 Å². The van der Waals surface area contributed by atoms with Crippen LogP contribution in [-0.2, 0) is 6.54 Å². The van der Waals surface area contributed by atoms with Crippen molar-refractivity contribution < 1.29 is 9.59 Å². The van der Waals surface area contributed by atoms with Gasteiger partial charge in [-0.1, -0.05) is 12.1 Å². The Bertz CT molecular complexity index is 1000. The van der Waals surface area contributed by atoms with Gasteiger partial charge in [0.1, 0.15) is 0 Å². The molecule has 0 fully saturated rings. The second-order valence-electron chi connectivity index (χ2n) is 6.43. The highest BCUT2D eigenvalue weighted by Gasteiger charge is 2.08. The SMILES string of the molecule is Cc1cc(C)nc(Sc2ccc(NC(=O)c3ccc(CNC(N)=O)cc3)cc2)n1. The molecule has 0 atom stereocenters. The molecule has 0 aliphatic heterocycles. The molecule has 0 aliphatic rings. The Labute approximate surface area is 173 Å². The van der Waals surface area contributed by atoms with Crippen LogP contribution in [0, 0.1) is 13.8 Å². The van der Waals surface area contributed by atoms with E-state index in [2.05, 4.69) is 20.6 Å². The molecule has 0 radical (unpaired) electrons. The lowest BCUT2D eigenvalue weighted by atomic mass is 10.1. The number of aryl methyl sites for hydroxylation is 2. The Morgan fingerprint density at radius 1 is 0.966 bits per heavy atom. The minimum atomic E-state index is -0.586. The maximum absolute atomic E-state index is 12.4. The largest absolute Gasteiger partial charge is 0.352 e. The van der Waals surface area contributed by atoms with E-state index in [1.165, 1.54) is 11.8 Å². The van der Waals surface area contributed by atoms with Gasteiger partial charge in [0.2, 0.25) is 0 Å². The number of rotatable bonds is 6. The Balaban J connectivity index is 1.60. The van der Waals surface area contributed by atoms with Gasteiger partial charge in [-0.05, 0) is 73.6 Å². The molecule has 1 aromatic heterocycles. The van der Waals surface area contributed by atoms with Crippen molar-refractivity contribution in [3.05, 3.63) is 77.1 Å². The zero-order chi connectivity index (χ0) is 20.8.